The first-order chi connectivity index (χ1) is 8.10. The van der Waals surface area contributed by atoms with Gasteiger partial charge in [0.2, 0.25) is 5.82 Å². The molecule has 0 radical (unpaired) electrons. The van der Waals surface area contributed by atoms with Crippen molar-refractivity contribution >= 4 is 15.9 Å². The number of aliphatic hydroxyl groups excluding tert-OH is 1. The maximum absolute atomic E-state index is 9.60. The third-order valence-corrected chi connectivity index (χ3v) is 2.87. The van der Waals surface area contributed by atoms with E-state index in [1.807, 2.05) is 32.0 Å². The van der Waals surface area contributed by atoms with Crippen LogP contribution in [-0.4, -0.2) is 15.2 Å². The van der Waals surface area contributed by atoms with E-state index in [1.165, 1.54) is 0 Å². The van der Waals surface area contributed by atoms with Crippen LogP contribution < -0.4 is 0 Å². The van der Waals surface area contributed by atoms with E-state index < -0.39 is 6.10 Å². The molecule has 1 aromatic carbocycles. The molecular formula is C12H13BrN2O2. The quantitative estimate of drug-likeness (QED) is 0.944. The molecule has 0 saturated carbocycles. The second-order valence-electron chi connectivity index (χ2n) is 3.90. The van der Waals surface area contributed by atoms with Gasteiger partial charge in [0, 0.05) is 10.0 Å². The highest BCUT2D eigenvalue weighted by molar-refractivity contribution is 9.10. The fraction of sp³-hybridized carbons (Fsp3) is 0.333. The van der Waals surface area contributed by atoms with E-state index in [0.29, 0.717) is 18.1 Å². The van der Waals surface area contributed by atoms with Crippen LogP contribution >= 0.6 is 15.9 Å². The summed E-state index contributed by atoms with van der Waals surface area (Å²) in [6.45, 7) is 3.86. The van der Waals surface area contributed by atoms with Crippen LogP contribution in [0.1, 0.15) is 30.8 Å². The lowest BCUT2D eigenvalue weighted by molar-refractivity contribution is 0.159. The molecule has 0 saturated heterocycles. The zero-order chi connectivity index (χ0) is 12.4. The van der Waals surface area contributed by atoms with E-state index in [9.17, 15) is 5.11 Å². The van der Waals surface area contributed by atoms with Crippen molar-refractivity contribution in [1.29, 1.82) is 0 Å². The molecule has 0 bridgehead atoms. The van der Waals surface area contributed by atoms with E-state index in [2.05, 4.69) is 26.1 Å². The van der Waals surface area contributed by atoms with Gasteiger partial charge in [-0.15, -0.1) is 0 Å². The van der Waals surface area contributed by atoms with Crippen LogP contribution in [0.3, 0.4) is 0 Å². The molecule has 1 N–H and O–H groups in total. The largest absolute Gasteiger partial charge is 0.385 e. The summed E-state index contributed by atoms with van der Waals surface area (Å²) in [6, 6.07) is 5.87. The summed E-state index contributed by atoms with van der Waals surface area (Å²) in [5.74, 6) is 0.761. The first-order valence-electron chi connectivity index (χ1n) is 5.39. The van der Waals surface area contributed by atoms with Gasteiger partial charge in [-0.05, 0) is 37.1 Å². The minimum absolute atomic E-state index is 0.333. The van der Waals surface area contributed by atoms with Gasteiger partial charge in [0.25, 0.3) is 5.89 Å². The molecule has 0 aliphatic heterocycles. The van der Waals surface area contributed by atoms with Crippen LogP contribution in [0.4, 0.5) is 0 Å². The Bertz CT molecular complexity index is 505. The molecule has 1 aromatic heterocycles. The number of rotatable bonds is 3. The molecule has 2 aromatic rings. The number of aryl methyl sites for hydroxylation is 1. The van der Waals surface area contributed by atoms with Crippen LogP contribution in [-0.2, 0) is 0 Å². The SMILES string of the molecule is CCC(O)c1noc(-c2cc(C)cc(Br)c2)n1. The normalized spacial score (nSPS) is 12.7. The zero-order valence-corrected chi connectivity index (χ0v) is 11.2. The summed E-state index contributed by atoms with van der Waals surface area (Å²) in [6.07, 6.45) is -0.100. The van der Waals surface area contributed by atoms with Gasteiger partial charge in [-0.2, -0.15) is 4.98 Å². The van der Waals surface area contributed by atoms with Crippen molar-refractivity contribution in [1.82, 2.24) is 10.1 Å². The number of benzene rings is 1. The summed E-state index contributed by atoms with van der Waals surface area (Å²) >= 11 is 3.42. The van der Waals surface area contributed by atoms with Crippen LogP contribution in [0.2, 0.25) is 0 Å². The Balaban J connectivity index is 2.36. The Hall–Kier alpha value is -1.20. The Kier molecular flexibility index (Phi) is 3.59. The van der Waals surface area contributed by atoms with Crippen molar-refractivity contribution in [2.45, 2.75) is 26.4 Å². The monoisotopic (exact) mass is 296 g/mol. The van der Waals surface area contributed by atoms with Gasteiger partial charge < -0.3 is 9.63 Å². The number of aliphatic hydroxyl groups is 1. The van der Waals surface area contributed by atoms with Gasteiger partial charge >= 0.3 is 0 Å². The highest BCUT2D eigenvalue weighted by Gasteiger charge is 2.15. The fourth-order valence-corrected chi connectivity index (χ4v) is 2.14. The predicted octanol–water partition coefficient (Wildman–Crippen LogP) is 3.25. The Morgan fingerprint density at radius 2 is 2.18 bits per heavy atom. The molecule has 1 heterocycles. The molecule has 4 nitrogen and oxygen atoms in total. The van der Waals surface area contributed by atoms with E-state index in [1.54, 1.807) is 0 Å². The van der Waals surface area contributed by atoms with Crippen molar-refractivity contribution < 1.29 is 9.63 Å². The van der Waals surface area contributed by atoms with Crippen LogP contribution in [0, 0.1) is 6.92 Å². The summed E-state index contributed by atoms with van der Waals surface area (Å²) in [5.41, 5.74) is 1.95. The zero-order valence-electron chi connectivity index (χ0n) is 9.64. The van der Waals surface area contributed by atoms with Crippen LogP contribution in [0.5, 0.6) is 0 Å². The van der Waals surface area contributed by atoms with Crippen molar-refractivity contribution in [2.24, 2.45) is 0 Å². The third-order valence-electron chi connectivity index (χ3n) is 2.42. The van der Waals surface area contributed by atoms with E-state index in [-0.39, 0.29) is 0 Å². The average Bonchev–Trinajstić information content (AvgIpc) is 2.76. The van der Waals surface area contributed by atoms with Gasteiger partial charge in [0.15, 0.2) is 0 Å². The summed E-state index contributed by atoms with van der Waals surface area (Å²) in [7, 11) is 0. The van der Waals surface area contributed by atoms with Crippen molar-refractivity contribution in [3.05, 3.63) is 34.1 Å². The highest BCUT2D eigenvalue weighted by atomic mass is 79.9. The fourth-order valence-electron chi connectivity index (χ4n) is 1.53. The van der Waals surface area contributed by atoms with E-state index in [4.69, 9.17) is 4.52 Å². The molecule has 0 fully saturated rings. The number of hydrogen-bond acceptors (Lipinski definition) is 4. The Morgan fingerprint density at radius 3 is 2.82 bits per heavy atom. The third kappa shape index (κ3) is 2.73. The lowest BCUT2D eigenvalue weighted by atomic mass is 10.1. The molecule has 1 unspecified atom stereocenters. The first kappa shape index (κ1) is 12.3. The first-order valence-corrected chi connectivity index (χ1v) is 6.18. The lowest BCUT2D eigenvalue weighted by Gasteiger charge is -1.99. The molecule has 90 valence electrons. The van der Waals surface area contributed by atoms with Gasteiger partial charge in [0.05, 0.1) is 0 Å². The van der Waals surface area contributed by atoms with E-state index >= 15 is 0 Å². The predicted molar refractivity (Wildman–Crippen MR) is 67.4 cm³/mol. The van der Waals surface area contributed by atoms with Gasteiger partial charge in [0.1, 0.15) is 6.10 Å². The molecule has 1 atom stereocenters. The van der Waals surface area contributed by atoms with E-state index in [0.717, 1.165) is 15.6 Å². The number of halogens is 1. The molecule has 0 amide bonds. The summed E-state index contributed by atoms with van der Waals surface area (Å²) in [4.78, 5) is 4.18. The Labute approximate surface area is 108 Å². The lowest BCUT2D eigenvalue weighted by Crippen LogP contribution is -1.97. The molecule has 0 spiro atoms. The summed E-state index contributed by atoms with van der Waals surface area (Å²) in [5, 5.41) is 13.4. The van der Waals surface area contributed by atoms with Crippen LogP contribution in [0.25, 0.3) is 11.5 Å². The second-order valence-corrected chi connectivity index (χ2v) is 4.81. The summed E-state index contributed by atoms with van der Waals surface area (Å²) < 4.78 is 6.10. The Morgan fingerprint density at radius 1 is 1.41 bits per heavy atom. The molecule has 17 heavy (non-hydrogen) atoms. The highest BCUT2D eigenvalue weighted by Crippen LogP contribution is 2.25. The van der Waals surface area contributed by atoms with Crippen molar-refractivity contribution in [3.8, 4) is 11.5 Å². The number of hydrogen-bond donors (Lipinski definition) is 1. The van der Waals surface area contributed by atoms with Gasteiger partial charge in [-0.1, -0.05) is 28.0 Å². The minimum atomic E-state index is -0.666. The standard InChI is InChI=1S/C12H13BrN2O2/c1-3-10(16)11-14-12(17-15-11)8-4-7(2)5-9(13)6-8/h4-6,10,16H,3H2,1-2H3. The molecule has 0 aliphatic rings. The van der Waals surface area contributed by atoms with Crippen molar-refractivity contribution in [2.75, 3.05) is 0 Å². The molecule has 0 aliphatic carbocycles. The van der Waals surface area contributed by atoms with Gasteiger partial charge in [-0.25, -0.2) is 0 Å². The number of aromatic nitrogens is 2. The van der Waals surface area contributed by atoms with Crippen LogP contribution in [0.15, 0.2) is 27.2 Å². The molecule has 5 heteroatoms. The maximum Gasteiger partial charge on any atom is 0.258 e. The van der Waals surface area contributed by atoms with Gasteiger partial charge in [-0.3, -0.25) is 0 Å². The topological polar surface area (TPSA) is 59.2 Å². The molecule has 2 rings (SSSR count). The van der Waals surface area contributed by atoms with Crippen molar-refractivity contribution in [3.63, 3.8) is 0 Å². The number of nitrogens with zero attached hydrogens (tertiary/aromatic N) is 2. The minimum Gasteiger partial charge on any atom is -0.385 e. The smallest absolute Gasteiger partial charge is 0.258 e. The molecular weight excluding hydrogens is 284 g/mol. The second kappa shape index (κ2) is 4.98. The average molecular weight is 297 g/mol. The maximum atomic E-state index is 9.60.